The van der Waals surface area contributed by atoms with E-state index in [1.54, 1.807) is 4.52 Å². The minimum atomic E-state index is -0.223. The van der Waals surface area contributed by atoms with Crippen LogP contribution in [0.4, 0.5) is 0 Å². The van der Waals surface area contributed by atoms with Crippen LogP contribution in [0.3, 0.4) is 0 Å². The van der Waals surface area contributed by atoms with Gasteiger partial charge in [-0.05, 0) is 33.8 Å². The highest BCUT2D eigenvalue weighted by Crippen LogP contribution is 2.20. The third kappa shape index (κ3) is 3.04. The minimum absolute atomic E-state index is 0.00721. The van der Waals surface area contributed by atoms with E-state index in [4.69, 9.17) is 0 Å². The number of aromatic nitrogens is 4. The molecule has 6 nitrogen and oxygen atoms in total. The van der Waals surface area contributed by atoms with Gasteiger partial charge >= 0.3 is 0 Å². The van der Waals surface area contributed by atoms with Crippen molar-refractivity contribution in [2.45, 2.75) is 38.1 Å². The molecule has 0 bridgehead atoms. The summed E-state index contributed by atoms with van der Waals surface area (Å²) >= 11 is 1.34. The molecule has 0 fully saturated rings. The van der Waals surface area contributed by atoms with Crippen molar-refractivity contribution in [3.8, 4) is 0 Å². The first-order valence-electron chi connectivity index (χ1n) is 6.16. The highest BCUT2D eigenvalue weighted by Gasteiger charge is 2.17. The van der Waals surface area contributed by atoms with Crippen LogP contribution < -0.4 is 5.32 Å². The van der Waals surface area contributed by atoms with Gasteiger partial charge in [-0.2, -0.15) is 4.98 Å². The lowest BCUT2D eigenvalue weighted by Crippen LogP contribution is -2.30. The van der Waals surface area contributed by atoms with E-state index >= 15 is 0 Å². The van der Waals surface area contributed by atoms with E-state index in [1.165, 1.54) is 11.8 Å². The summed E-state index contributed by atoms with van der Waals surface area (Å²) in [5.41, 5.74) is 1.89. The van der Waals surface area contributed by atoms with Gasteiger partial charge in [0.05, 0.1) is 5.25 Å². The van der Waals surface area contributed by atoms with Crippen molar-refractivity contribution in [1.82, 2.24) is 24.9 Å². The Morgan fingerprint density at radius 1 is 1.47 bits per heavy atom. The van der Waals surface area contributed by atoms with Crippen molar-refractivity contribution in [1.29, 1.82) is 0 Å². The third-order valence-electron chi connectivity index (χ3n) is 2.60. The lowest BCUT2D eigenvalue weighted by molar-refractivity contribution is -0.120. The second kappa shape index (κ2) is 5.56. The molecule has 0 aliphatic rings. The Kier molecular flexibility index (Phi) is 4.04. The van der Waals surface area contributed by atoms with Gasteiger partial charge in [-0.25, -0.2) is 9.50 Å². The third-order valence-corrected chi connectivity index (χ3v) is 3.55. The molecule has 0 saturated heterocycles. The molecule has 0 saturated carbocycles. The first-order chi connectivity index (χ1) is 9.01. The molecule has 0 aliphatic carbocycles. The van der Waals surface area contributed by atoms with Crippen molar-refractivity contribution in [3.63, 3.8) is 0 Å². The molecule has 0 aliphatic heterocycles. The molecular weight excluding hydrogens is 262 g/mol. The van der Waals surface area contributed by atoms with Crippen molar-refractivity contribution in [2.24, 2.45) is 0 Å². The molecule has 19 heavy (non-hydrogen) atoms. The van der Waals surface area contributed by atoms with Crippen LogP contribution in [0.5, 0.6) is 0 Å². The molecule has 0 aromatic carbocycles. The lowest BCUT2D eigenvalue weighted by Gasteiger charge is -2.07. The summed E-state index contributed by atoms with van der Waals surface area (Å²) in [5.74, 6) is 0.565. The van der Waals surface area contributed by atoms with Gasteiger partial charge in [0.2, 0.25) is 11.1 Å². The SMILES string of the molecule is CCNC(=O)C(C)Sc1nc2nc(C)cc(C)n2n1. The Morgan fingerprint density at radius 3 is 2.89 bits per heavy atom. The zero-order valence-electron chi connectivity index (χ0n) is 11.5. The second-order valence-electron chi connectivity index (χ2n) is 4.30. The first-order valence-corrected chi connectivity index (χ1v) is 7.04. The Morgan fingerprint density at radius 2 is 2.21 bits per heavy atom. The van der Waals surface area contributed by atoms with Crippen molar-refractivity contribution < 1.29 is 4.79 Å². The molecule has 1 unspecified atom stereocenters. The van der Waals surface area contributed by atoms with E-state index in [1.807, 2.05) is 33.8 Å². The molecule has 2 aromatic rings. The molecule has 0 radical (unpaired) electrons. The first kappa shape index (κ1) is 13.8. The lowest BCUT2D eigenvalue weighted by atomic mass is 10.4. The number of amides is 1. The maximum Gasteiger partial charge on any atom is 0.253 e. The topological polar surface area (TPSA) is 72.2 Å². The summed E-state index contributed by atoms with van der Waals surface area (Å²) in [5, 5.41) is 7.49. The summed E-state index contributed by atoms with van der Waals surface area (Å²) in [6.45, 7) is 8.24. The Hall–Kier alpha value is -1.63. The number of rotatable bonds is 4. The minimum Gasteiger partial charge on any atom is -0.355 e. The standard InChI is InChI=1S/C12H17N5OS/c1-5-13-10(18)9(4)19-12-15-11-14-7(2)6-8(3)17(11)16-12/h6,9H,5H2,1-4H3,(H,13,18). The smallest absolute Gasteiger partial charge is 0.253 e. The highest BCUT2D eigenvalue weighted by molar-refractivity contribution is 8.00. The number of carbonyl (C=O) groups is 1. The molecule has 0 spiro atoms. The predicted molar refractivity (Wildman–Crippen MR) is 74.3 cm³/mol. The number of fused-ring (bicyclic) bond motifs is 1. The number of aryl methyl sites for hydroxylation is 2. The molecule has 1 N–H and O–H groups in total. The van der Waals surface area contributed by atoms with Crippen LogP contribution in [0.2, 0.25) is 0 Å². The van der Waals surface area contributed by atoms with Gasteiger partial charge in [-0.1, -0.05) is 11.8 Å². The molecule has 1 atom stereocenters. The summed E-state index contributed by atoms with van der Waals surface area (Å²) < 4.78 is 1.69. The molecule has 102 valence electrons. The van der Waals surface area contributed by atoms with E-state index in [-0.39, 0.29) is 11.2 Å². The van der Waals surface area contributed by atoms with E-state index in [0.717, 1.165) is 11.4 Å². The molecule has 2 aromatic heterocycles. The fraction of sp³-hybridized carbons (Fsp3) is 0.500. The molecule has 7 heteroatoms. The number of nitrogens with zero attached hydrogens (tertiary/aromatic N) is 4. The van der Waals surface area contributed by atoms with Gasteiger partial charge in [0.25, 0.3) is 5.78 Å². The molecule has 2 heterocycles. The second-order valence-corrected chi connectivity index (χ2v) is 5.61. The average molecular weight is 279 g/mol. The molecule has 2 rings (SSSR count). The van der Waals surface area contributed by atoms with Crippen LogP contribution in [0.1, 0.15) is 25.2 Å². The summed E-state index contributed by atoms with van der Waals surface area (Å²) in [4.78, 5) is 20.3. The van der Waals surface area contributed by atoms with Gasteiger partial charge in [0, 0.05) is 17.9 Å². The number of hydrogen-bond acceptors (Lipinski definition) is 5. The highest BCUT2D eigenvalue weighted by atomic mass is 32.2. The van der Waals surface area contributed by atoms with Crippen LogP contribution >= 0.6 is 11.8 Å². The fourth-order valence-electron chi connectivity index (χ4n) is 1.73. The van der Waals surface area contributed by atoms with E-state index in [0.29, 0.717) is 17.5 Å². The van der Waals surface area contributed by atoms with Gasteiger partial charge in [-0.15, -0.1) is 5.10 Å². The van der Waals surface area contributed by atoms with Crippen LogP contribution in [0.15, 0.2) is 11.2 Å². The monoisotopic (exact) mass is 279 g/mol. The summed E-state index contributed by atoms with van der Waals surface area (Å²) in [6, 6.07) is 1.95. The number of carbonyl (C=O) groups excluding carboxylic acids is 1. The molecular formula is C12H17N5OS. The van der Waals surface area contributed by atoms with Gasteiger partial charge in [0.15, 0.2) is 0 Å². The number of nitrogens with one attached hydrogen (secondary N) is 1. The number of thioether (sulfide) groups is 1. The van der Waals surface area contributed by atoms with Crippen LogP contribution in [0.25, 0.3) is 5.78 Å². The normalized spacial score (nSPS) is 12.6. The summed E-state index contributed by atoms with van der Waals surface area (Å²) in [7, 11) is 0. The van der Waals surface area contributed by atoms with Crippen LogP contribution in [-0.2, 0) is 4.79 Å². The van der Waals surface area contributed by atoms with Gasteiger partial charge < -0.3 is 5.32 Å². The van der Waals surface area contributed by atoms with E-state index in [2.05, 4.69) is 20.4 Å². The van der Waals surface area contributed by atoms with Crippen molar-refractivity contribution >= 4 is 23.4 Å². The Balaban J connectivity index is 2.22. The number of hydrogen-bond donors (Lipinski definition) is 1. The average Bonchev–Trinajstić information content (AvgIpc) is 2.72. The predicted octanol–water partition coefficient (Wildman–Crippen LogP) is 1.36. The zero-order chi connectivity index (χ0) is 14.0. The van der Waals surface area contributed by atoms with Gasteiger partial charge in [-0.3, -0.25) is 4.79 Å². The van der Waals surface area contributed by atoms with E-state index in [9.17, 15) is 4.79 Å². The zero-order valence-corrected chi connectivity index (χ0v) is 12.3. The van der Waals surface area contributed by atoms with E-state index < -0.39 is 0 Å². The van der Waals surface area contributed by atoms with Crippen LogP contribution in [0, 0.1) is 13.8 Å². The van der Waals surface area contributed by atoms with Crippen molar-refractivity contribution in [2.75, 3.05) is 6.54 Å². The van der Waals surface area contributed by atoms with Gasteiger partial charge in [0.1, 0.15) is 0 Å². The maximum atomic E-state index is 11.7. The quantitative estimate of drug-likeness (QED) is 0.856. The maximum absolute atomic E-state index is 11.7. The largest absolute Gasteiger partial charge is 0.355 e. The Bertz CT molecular complexity index is 609. The fourth-order valence-corrected chi connectivity index (χ4v) is 2.50. The Labute approximate surface area is 116 Å². The van der Waals surface area contributed by atoms with Crippen molar-refractivity contribution in [3.05, 3.63) is 17.5 Å². The summed E-state index contributed by atoms with van der Waals surface area (Å²) in [6.07, 6.45) is 0. The van der Waals surface area contributed by atoms with Crippen LogP contribution in [-0.4, -0.2) is 37.3 Å². The molecule has 1 amide bonds.